The molecule has 1 unspecified atom stereocenters. The van der Waals surface area contributed by atoms with E-state index < -0.39 is 40.3 Å². The number of carboxylic acids is 1. The average Bonchev–Trinajstić information content (AvgIpc) is 2.49. The molecule has 0 aromatic carbocycles. The van der Waals surface area contributed by atoms with E-state index >= 15 is 0 Å². The summed E-state index contributed by atoms with van der Waals surface area (Å²) in [5.41, 5.74) is -1.61. The molecule has 10 heteroatoms. The van der Waals surface area contributed by atoms with Gasteiger partial charge in [-0.15, -0.1) is 0 Å². The Labute approximate surface area is 201 Å². The van der Waals surface area contributed by atoms with Crippen molar-refractivity contribution in [1.29, 1.82) is 0 Å². The second-order valence-electron chi connectivity index (χ2n) is 5.95. The van der Waals surface area contributed by atoms with Gasteiger partial charge in [-0.1, -0.05) is 58.3 Å². The third-order valence-electron chi connectivity index (χ3n) is 3.68. The van der Waals surface area contributed by atoms with Crippen LogP contribution >= 0.6 is 0 Å². The predicted molar refractivity (Wildman–Crippen MR) is 104 cm³/mol. The second kappa shape index (κ2) is 19.2. The summed E-state index contributed by atoms with van der Waals surface area (Å²) in [6.07, 6.45) is 8.61. The van der Waals surface area contributed by atoms with Crippen LogP contribution in [-0.4, -0.2) is 94.6 Å². The summed E-state index contributed by atoms with van der Waals surface area (Å²) in [5, 5.41) is 8.47. The molecule has 0 aromatic rings. The van der Waals surface area contributed by atoms with E-state index in [1.807, 2.05) is 0 Å². The number of esters is 1. The van der Waals surface area contributed by atoms with Crippen molar-refractivity contribution in [3.8, 4) is 0 Å². The zero-order valence-corrected chi connectivity index (χ0v) is 15.2. The Bertz CT molecular complexity index is 469. The number of carboxylic acid groups (broad SMARTS) is 1. The van der Waals surface area contributed by atoms with Crippen LogP contribution < -0.4 is 0 Å². The van der Waals surface area contributed by atoms with E-state index in [4.69, 9.17) is 14.4 Å². The molecule has 0 heterocycles. The average molecular weight is 414 g/mol. The topological polar surface area (TPSA) is 118 Å². The standard InChI is InChI=1S/C16H30O7S.2Na.2H/c1-2-3-4-5-6-7-8-9-10-11-16(24(20,21)22)23-15(19)13-12-14(17)18;;;;/h16H,2-13H2,1H3,(H,17,18)(H,20,21,22);;;;. The van der Waals surface area contributed by atoms with Crippen molar-refractivity contribution in [3.05, 3.63) is 0 Å². The van der Waals surface area contributed by atoms with Crippen LogP contribution in [0.25, 0.3) is 0 Å². The van der Waals surface area contributed by atoms with E-state index in [2.05, 4.69) is 6.92 Å². The fraction of sp³-hybridized carbons (Fsp3) is 0.875. The number of unbranched alkanes of at least 4 members (excludes halogenated alkanes) is 8. The van der Waals surface area contributed by atoms with Crippen LogP contribution in [-0.2, 0) is 24.4 Å². The van der Waals surface area contributed by atoms with Crippen molar-refractivity contribution >= 4 is 81.2 Å². The zero-order valence-electron chi connectivity index (χ0n) is 14.4. The van der Waals surface area contributed by atoms with E-state index in [0.717, 1.165) is 25.7 Å². The number of hydrogen-bond donors (Lipinski definition) is 2. The van der Waals surface area contributed by atoms with Gasteiger partial charge in [0.15, 0.2) is 0 Å². The molecule has 0 aliphatic rings. The molecule has 0 amide bonds. The van der Waals surface area contributed by atoms with Gasteiger partial charge in [0.05, 0.1) is 12.8 Å². The molecule has 0 radical (unpaired) electrons. The Morgan fingerprint density at radius 1 is 0.885 bits per heavy atom. The maximum absolute atomic E-state index is 11.4. The molecule has 146 valence electrons. The van der Waals surface area contributed by atoms with Crippen molar-refractivity contribution in [3.63, 3.8) is 0 Å². The quantitative estimate of drug-likeness (QED) is 0.183. The van der Waals surface area contributed by atoms with Crippen LogP contribution in [0.4, 0.5) is 0 Å². The summed E-state index contributed by atoms with van der Waals surface area (Å²) in [6.45, 7) is 2.17. The summed E-state index contributed by atoms with van der Waals surface area (Å²) in [5.74, 6) is -2.11. The number of carbonyl (C=O) groups is 2. The SMILES string of the molecule is CCCCCCCCCCCC(OC(=O)CCC(=O)O)S(=O)(=O)O.[NaH].[NaH]. The number of ether oxygens (including phenoxy) is 1. The summed E-state index contributed by atoms with van der Waals surface area (Å²) < 4.78 is 36.3. The van der Waals surface area contributed by atoms with Gasteiger partial charge in [-0.05, 0) is 6.42 Å². The summed E-state index contributed by atoms with van der Waals surface area (Å²) in [4.78, 5) is 21.8. The van der Waals surface area contributed by atoms with E-state index in [1.54, 1.807) is 0 Å². The minimum absolute atomic E-state index is 0. The monoisotopic (exact) mass is 414 g/mol. The van der Waals surface area contributed by atoms with Crippen LogP contribution in [0, 0.1) is 0 Å². The van der Waals surface area contributed by atoms with Gasteiger partial charge in [0.1, 0.15) is 0 Å². The molecule has 2 N–H and O–H groups in total. The minimum atomic E-state index is -4.50. The van der Waals surface area contributed by atoms with Gasteiger partial charge in [-0.2, -0.15) is 8.42 Å². The van der Waals surface area contributed by atoms with Gasteiger partial charge in [0.2, 0.25) is 5.44 Å². The van der Waals surface area contributed by atoms with Crippen molar-refractivity contribution in [2.75, 3.05) is 0 Å². The van der Waals surface area contributed by atoms with Gasteiger partial charge in [-0.25, -0.2) is 0 Å². The van der Waals surface area contributed by atoms with E-state index in [-0.39, 0.29) is 65.5 Å². The number of carbonyl (C=O) groups excluding carboxylic acids is 1. The van der Waals surface area contributed by atoms with Crippen LogP contribution in [0.15, 0.2) is 0 Å². The fourth-order valence-electron chi connectivity index (χ4n) is 2.30. The van der Waals surface area contributed by atoms with E-state index in [1.165, 1.54) is 25.7 Å². The molecule has 7 nitrogen and oxygen atoms in total. The third-order valence-corrected chi connectivity index (χ3v) is 4.68. The van der Waals surface area contributed by atoms with Gasteiger partial charge >= 0.3 is 81.2 Å². The third kappa shape index (κ3) is 19.6. The Kier molecular flexibility index (Phi) is 23.3. The first-order valence-electron chi connectivity index (χ1n) is 8.65. The molecule has 0 saturated carbocycles. The first-order valence-corrected chi connectivity index (χ1v) is 10.1. The van der Waals surface area contributed by atoms with Crippen LogP contribution in [0.1, 0.15) is 84.0 Å². The Morgan fingerprint density at radius 3 is 1.77 bits per heavy atom. The normalized spacial score (nSPS) is 11.8. The van der Waals surface area contributed by atoms with Gasteiger partial charge in [0.25, 0.3) is 0 Å². The summed E-state index contributed by atoms with van der Waals surface area (Å²) in [6, 6.07) is 0. The zero-order chi connectivity index (χ0) is 18.4. The van der Waals surface area contributed by atoms with Crippen LogP contribution in [0.5, 0.6) is 0 Å². The first-order chi connectivity index (χ1) is 11.3. The van der Waals surface area contributed by atoms with E-state index in [0.29, 0.717) is 6.42 Å². The molecule has 0 bridgehead atoms. The Morgan fingerprint density at radius 2 is 1.35 bits per heavy atom. The Hall–Kier alpha value is 0.850. The second-order valence-corrected chi connectivity index (χ2v) is 7.50. The number of hydrogen-bond acceptors (Lipinski definition) is 5. The molecular weight excluding hydrogens is 382 g/mol. The number of aliphatic carboxylic acids is 1. The molecule has 0 aliphatic carbocycles. The molecule has 1 atom stereocenters. The molecule has 0 aromatic heterocycles. The molecular formula is C16H32Na2O7S. The van der Waals surface area contributed by atoms with Crippen molar-refractivity contribution in [2.24, 2.45) is 0 Å². The van der Waals surface area contributed by atoms with Crippen LogP contribution in [0.3, 0.4) is 0 Å². The van der Waals surface area contributed by atoms with Crippen LogP contribution in [0.2, 0.25) is 0 Å². The molecule has 0 spiro atoms. The van der Waals surface area contributed by atoms with Crippen molar-refractivity contribution < 1.29 is 32.4 Å². The van der Waals surface area contributed by atoms with Crippen molar-refractivity contribution in [1.82, 2.24) is 0 Å². The molecule has 0 saturated heterocycles. The van der Waals surface area contributed by atoms with Crippen molar-refractivity contribution in [2.45, 2.75) is 89.4 Å². The predicted octanol–water partition coefficient (Wildman–Crippen LogP) is 2.23. The fourth-order valence-corrected chi connectivity index (χ4v) is 3.00. The van der Waals surface area contributed by atoms with Gasteiger partial charge in [0, 0.05) is 6.42 Å². The molecule has 0 aliphatic heterocycles. The summed E-state index contributed by atoms with van der Waals surface area (Å²) in [7, 11) is -4.50. The van der Waals surface area contributed by atoms with Gasteiger partial charge < -0.3 is 9.84 Å². The van der Waals surface area contributed by atoms with E-state index in [9.17, 15) is 18.0 Å². The molecule has 26 heavy (non-hydrogen) atoms. The van der Waals surface area contributed by atoms with Gasteiger partial charge in [-0.3, -0.25) is 14.1 Å². The first kappa shape index (κ1) is 31.5. The molecule has 0 fully saturated rings. The Balaban J connectivity index is -0.00000264. The molecule has 0 rings (SSSR count). The number of rotatable bonds is 15. The summed E-state index contributed by atoms with van der Waals surface area (Å²) >= 11 is 0. The maximum atomic E-state index is 11.4.